The second-order valence-electron chi connectivity index (χ2n) is 3.21. The molecule has 0 aliphatic carbocycles. The Hall–Kier alpha value is -0.810. The molecule has 1 heterocycles. The summed E-state index contributed by atoms with van der Waals surface area (Å²) in [5.74, 6) is 0.956. The number of hydrogen-bond donors (Lipinski definition) is 1. The number of carbonyl (C=O) groups excluding carboxylic acids is 1. The Labute approximate surface area is 109 Å². The van der Waals surface area contributed by atoms with Crippen LogP contribution in [0.2, 0.25) is 0 Å². The number of carbonyl (C=O) groups is 1. The van der Waals surface area contributed by atoms with Gasteiger partial charge in [-0.3, -0.25) is 9.79 Å². The Balaban J connectivity index is 0.00000128. The van der Waals surface area contributed by atoms with Crippen molar-refractivity contribution in [2.75, 3.05) is 12.3 Å². The van der Waals surface area contributed by atoms with Gasteiger partial charge in [0.2, 0.25) is 0 Å². The third kappa shape index (κ3) is 3.64. The topological polar surface area (TPSA) is 41.5 Å². The van der Waals surface area contributed by atoms with Gasteiger partial charge in [-0.15, -0.1) is 17.0 Å². The Bertz CT molecular complexity index is 381. The maximum atomic E-state index is 11.7. The van der Waals surface area contributed by atoms with Gasteiger partial charge in [-0.1, -0.05) is 30.0 Å². The molecule has 0 atom stereocenters. The van der Waals surface area contributed by atoms with Crippen LogP contribution in [0.5, 0.6) is 0 Å². The van der Waals surface area contributed by atoms with Crippen molar-refractivity contribution in [1.29, 1.82) is 0 Å². The van der Waals surface area contributed by atoms with E-state index in [4.69, 9.17) is 0 Å². The van der Waals surface area contributed by atoms with E-state index >= 15 is 0 Å². The summed E-state index contributed by atoms with van der Waals surface area (Å²) in [5.41, 5.74) is 0.673. The SMILES string of the molecule is Br.O=C(NC1=NCCCS1)c1ccccc1. The van der Waals surface area contributed by atoms with Crippen LogP contribution in [-0.2, 0) is 0 Å². The van der Waals surface area contributed by atoms with E-state index < -0.39 is 0 Å². The molecule has 0 fully saturated rings. The van der Waals surface area contributed by atoms with Crippen molar-refractivity contribution in [3.8, 4) is 0 Å². The van der Waals surface area contributed by atoms with Crippen molar-refractivity contribution in [1.82, 2.24) is 5.32 Å². The van der Waals surface area contributed by atoms with Gasteiger partial charge in [0.1, 0.15) is 0 Å². The highest BCUT2D eigenvalue weighted by Gasteiger charge is 2.10. The zero-order valence-corrected chi connectivity index (χ0v) is 11.2. The molecule has 0 unspecified atom stereocenters. The van der Waals surface area contributed by atoms with E-state index in [-0.39, 0.29) is 22.9 Å². The molecule has 0 saturated heterocycles. The van der Waals surface area contributed by atoms with Gasteiger partial charge in [-0.05, 0) is 18.6 Å². The summed E-state index contributed by atoms with van der Waals surface area (Å²) >= 11 is 1.60. The highest BCUT2D eigenvalue weighted by atomic mass is 79.9. The second kappa shape index (κ2) is 6.70. The van der Waals surface area contributed by atoms with Crippen molar-refractivity contribution in [2.45, 2.75) is 6.42 Å². The van der Waals surface area contributed by atoms with Gasteiger partial charge in [0.05, 0.1) is 0 Å². The van der Waals surface area contributed by atoms with Gasteiger partial charge < -0.3 is 5.32 Å². The first-order valence-corrected chi connectivity index (χ1v) is 5.88. The standard InChI is InChI=1S/C11H12N2OS.BrH/c14-10(9-5-2-1-3-6-9)13-11-12-7-4-8-15-11;/h1-3,5-6H,4,7-8H2,(H,12,13,14);1H. The molecule has 0 radical (unpaired) electrons. The summed E-state index contributed by atoms with van der Waals surface area (Å²) in [7, 11) is 0. The molecule has 0 aromatic heterocycles. The summed E-state index contributed by atoms with van der Waals surface area (Å²) in [4.78, 5) is 16.0. The Morgan fingerprint density at radius 1 is 1.31 bits per heavy atom. The van der Waals surface area contributed by atoms with E-state index in [1.807, 2.05) is 18.2 Å². The molecule has 0 spiro atoms. The van der Waals surface area contributed by atoms with E-state index in [0.29, 0.717) is 5.56 Å². The predicted octanol–water partition coefficient (Wildman–Crippen LogP) is 2.49. The Morgan fingerprint density at radius 2 is 2.06 bits per heavy atom. The minimum absolute atomic E-state index is 0. The molecule has 2 rings (SSSR count). The highest BCUT2D eigenvalue weighted by Crippen LogP contribution is 2.10. The van der Waals surface area contributed by atoms with Crippen molar-refractivity contribution >= 4 is 39.8 Å². The fourth-order valence-corrected chi connectivity index (χ4v) is 2.11. The lowest BCUT2D eigenvalue weighted by Crippen LogP contribution is -2.30. The number of nitrogens with zero attached hydrogens (tertiary/aromatic N) is 1. The molecule has 16 heavy (non-hydrogen) atoms. The summed E-state index contributed by atoms with van der Waals surface area (Å²) in [6, 6.07) is 9.19. The van der Waals surface area contributed by atoms with Gasteiger partial charge in [0.25, 0.3) is 5.91 Å². The lowest BCUT2D eigenvalue weighted by atomic mass is 10.2. The minimum atomic E-state index is -0.0799. The van der Waals surface area contributed by atoms with Crippen LogP contribution in [0.4, 0.5) is 0 Å². The van der Waals surface area contributed by atoms with Crippen LogP contribution in [0.1, 0.15) is 16.8 Å². The van der Waals surface area contributed by atoms with Gasteiger partial charge in [0.15, 0.2) is 5.17 Å². The van der Waals surface area contributed by atoms with Crippen molar-refractivity contribution in [3.05, 3.63) is 35.9 Å². The maximum absolute atomic E-state index is 11.7. The monoisotopic (exact) mass is 300 g/mol. The Morgan fingerprint density at radius 3 is 2.69 bits per heavy atom. The van der Waals surface area contributed by atoms with Crippen LogP contribution < -0.4 is 5.32 Å². The fraction of sp³-hybridized carbons (Fsp3) is 0.273. The molecule has 3 nitrogen and oxygen atoms in total. The van der Waals surface area contributed by atoms with Gasteiger partial charge in [-0.25, -0.2) is 0 Å². The van der Waals surface area contributed by atoms with E-state index in [9.17, 15) is 4.79 Å². The quantitative estimate of drug-likeness (QED) is 0.866. The minimum Gasteiger partial charge on any atom is -0.301 e. The molecule has 1 aromatic rings. The molecule has 5 heteroatoms. The zero-order chi connectivity index (χ0) is 10.5. The fourth-order valence-electron chi connectivity index (χ4n) is 1.29. The smallest absolute Gasteiger partial charge is 0.257 e. The average Bonchev–Trinajstić information content (AvgIpc) is 2.31. The second-order valence-corrected chi connectivity index (χ2v) is 4.29. The lowest BCUT2D eigenvalue weighted by molar-refractivity contribution is 0.0978. The van der Waals surface area contributed by atoms with Crippen LogP contribution in [0, 0.1) is 0 Å². The van der Waals surface area contributed by atoms with Crippen LogP contribution in [0.15, 0.2) is 35.3 Å². The van der Waals surface area contributed by atoms with Crippen LogP contribution in [0.25, 0.3) is 0 Å². The van der Waals surface area contributed by atoms with Crippen LogP contribution in [-0.4, -0.2) is 23.4 Å². The van der Waals surface area contributed by atoms with Crippen LogP contribution >= 0.6 is 28.7 Å². The number of thioether (sulfide) groups is 1. The molecular weight excluding hydrogens is 288 g/mol. The highest BCUT2D eigenvalue weighted by molar-refractivity contribution is 8.93. The number of benzene rings is 1. The molecule has 86 valence electrons. The van der Waals surface area contributed by atoms with Crippen LogP contribution in [0.3, 0.4) is 0 Å². The van der Waals surface area contributed by atoms with E-state index in [1.165, 1.54) is 0 Å². The van der Waals surface area contributed by atoms with Gasteiger partial charge in [0, 0.05) is 17.9 Å². The summed E-state index contributed by atoms with van der Waals surface area (Å²) in [6.45, 7) is 0.817. The summed E-state index contributed by atoms with van der Waals surface area (Å²) < 4.78 is 0. The average molecular weight is 301 g/mol. The van der Waals surface area contributed by atoms with Gasteiger partial charge in [-0.2, -0.15) is 0 Å². The molecule has 1 aromatic carbocycles. The normalized spacial score (nSPS) is 14.6. The number of amides is 1. The number of hydrogen-bond acceptors (Lipinski definition) is 3. The molecule has 1 N–H and O–H groups in total. The van der Waals surface area contributed by atoms with E-state index in [2.05, 4.69) is 10.3 Å². The predicted molar refractivity (Wildman–Crippen MR) is 73.6 cm³/mol. The first-order valence-electron chi connectivity index (χ1n) is 4.90. The van der Waals surface area contributed by atoms with Crippen molar-refractivity contribution in [2.24, 2.45) is 4.99 Å². The van der Waals surface area contributed by atoms with E-state index in [1.54, 1.807) is 23.9 Å². The number of rotatable bonds is 1. The lowest BCUT2D eigenvalue weighted by Gasteiger charge is -2.11. The Kier molecular flexibility index (Phi) is 5.55. The number of halogens is 1. The molecule has 0 bridgehead atoms. The molecule has 1 amide bonds. The third-order valence-electron chi connectivity index (χ3n) is 2.05. The first kappa shape index (κ1) is 13.3. The third-order valence-corrected chi connectivity index (χ3v) is 3.05. The molecule has 1 aliphatic heterocycles. The number of nitrogens with one attached hydrogen (secondary N) is 1. The van der Waals surface area contributed by atoms with E-state index in [0.717, 1.165) is 23.9 Å². The zero-order valence-electron chi connectivity index (χ0n) is 8.68. The summed E-state index contributed by atoms with van der Waals surface area (Å²) in [5, 5.41) is 3.55. The van der Waals surface area contributed by atoms with Crippen molar-refractivity contribution < 1.29 is 4.79 Å². The molecular formula is C11H13BrN2OS. The number of amidine groups is 1. The largest absolute Gasteiger partial charge is 0.301 e. The molecule has 1 aliphatic rings. The summed E-state index contributed by atoms with van der Waals surface area (Å²) in [6.07, 6.45) is 1.09. The van der Waals surface area contributed by atoms with Crippen molar-refractivity contribution in [3.63, 3.8) is 0 Å². The first-order chi connectivity index (χ1) is 7.36. The molecule has 0 saturated carbocycles. The van der Waals surface area contributed by atoms with Gasteiger partial charge >= 0.3 is 0 Å². The number of aliphatic imine (C=N–C) groups is 1. The maximum Gasteiger partial charge on any atom is 0.257 e.